The number of hydrogen-bond acceptors (Lipinski definition) is 3. The second-order valence-electron chi connectivity index (χ2n) is 4.31. The zero-order chi connectivity index (χ0) is 13.8. The molecular weight excluding hydrogens is 316 g/mol. The van der Waals surface area contributed by atoms with E-state index in [1.54, 1.807) is 10.9 Å². The molecule has 0 spiro atoms. The Kier molecular flexibility index (Phi) is 3.78. The first-order chi connectivity index (χ1) is 9.84. The van der Waals surface area contributed by atoms with Crippen LogP contribution in [0.1, 0.15) is 5.56 Å². The lowest BCUT2D eigenvalue weighted by Crippen LogP contribution is -2.05. The SMILES string of the molecule is Brc1ccccc1CNc1ccccc1-n1ccnn1. The average Bonchev–Trinajstić information content (AvgIpc) is 3.01. The van der Waals surface area contributed by atoms with Gasteiger partial charge in [-0.15, -0.1) is 5.10 Å². The molecular formula is C15H13BrN4. The van der Waals surface area contributed by atoms with Gasteiger partial charge < -0.3 is 5.32 Å². The molecule has 20 heavy (non-hydrogen) atoms. The molecule has 0 aliphatic rings. The Hall–Kier alpha value is -2.14. The summed E-state index contributed by atoms with van der Waals surface area (Å²) in [6.45, 7) is 0.743. The van der Waals surface area contributed by atoms with Crippen LogP contribution in [0.3, 0.4) is 0 Å². The zero-order valence-corrected chi connectivity index (χ0v) is 12.3. The molecule has 0 unspecified atom stereocenters. The first kappa shape index (κ1) is 12.9. The summed E-state index contributed by atoms with van der Waals surface area (Å²) in [6, 6.07) is 16.2. The van der Waals surface area contributed by atoms with Crippen molar-refractivity contribution in [1.29, 1.82) is 0 Å². The highest BCUT2D eigenvalue weighted by Gasteiger charge is 2.05. The van der Waals surface area contributed by atoms with Gasteiger partial charge in [-0.3, -0.25) is 0 Å². The number of aromatic nitrogens is 3. The van der Waals surface area contributed by atoms with E-state index < -0.39 is 0 Å². The number of nitrogens with zero attached hydrogens (tertiary/aromatic N) is 3. The molecule has 0 bridgehead atoms. The van der Waals surface area contributed by atoms with Crippen LogP contribution < -0.4 is 5.32 Å². The molecule has 3 rings (SSSR count). The fraction of sp³-hybridized carbons (Fsp3) is 0.0667. The van der Waals surface area contributed by atoms with Gasteiger partial charge in [-0.05, 0) is 23.8 Å². The predicted octanol–water partition coefficient (Wildman–Crippen LogP) is 3.64. The monoisotopic (exact) mass is 328 g/mol. The lowest BCUT2D eigenvalue weighted by molar-refractivity contribution is 0.803. The number of hydrogen-bond donors (Lipinski definition) is 1. The molecule has 100 valence electrons. The molecule has 0 saturated heterocycles. The largest absolute Gasteiger partial charge is 0.379 e. The maximum atomic E-state index is 4.04. The van der Waals surface area contributed by atoms with E-state index in [9.17, 15) is 0 Å². The number of nitrogens with one attached hydrogen (secondary N) is 1. The third kappa shape index (κ3) is 2.72. The van der Waals surface area contributed by atoms with Gasteiger partial charge in [0.2, 0.25) is 0 Å². The van der Waals surface area contributed by atoms with E-state index in [-0.39, 0.29) is 0 Å². The Morgan fingerprint density at radius 3 is 2.65 bits per heavy atom. The molecule has 0 amide bonds. The summed E-state index contributed by atoms with van der Waals surface area (Å²) < 4.78 is 2.85. The number of anilines is 1. The van der Waals surface area contributed by atoms with E-state index in [4.69, 9.17) is 0 Å². The first-order valence-electron chi connectivity index (χ1n) is 6.27. The topological polar surface area (TPSA) is 42.7 Å². The molecule has 0 saturated carbocycles. The summed E-state index contributed by atoms with van der Waals surface area (Å²) >= 11 is 3.56. The molecule has 5 heteroatoms. The van der Waals surface area contributed by atoms with Gasteiger partial charge in [0.25, 0.3) is 0 Å². The molecule has 1 heterocycles. The molecule has 0 atom stereocenters. The van der Waals surface area contributed by atoms with Crippen molar-refractivity contribution in [3.8, 4) is 5.69 Å². The van der Waals surface area contributed by atoms with Crippen molar-refractivity contribution >= 4 is 21.6 Å². The summed E-state index contributed by atoms with van der Waals surface area (Å²) in [5.41, 5.74) is 3.21. The Morgan fingerprint density at radius 1 is 1.05 bits per heavy atom. The van der Waals surface area contributed by atoms with Gasteiger partial charge in [0.1, 0.15) is 0 Å². The molecule has 1 aromatic heterocycles. The van der Waals surface area contributed by atoms with Crippen molar-refractivity contribution in [2.45, 2.75) is 6.54 Å². The molecule has 3 aromatic rings. The van der Waals surface area contributed by atoms with Crippen LogP contribution in [0.5, 0.6) is 0 Å². The van der Waals surface area contributed by atoms with Crippen molar-refractivity contribution in [2.75, 3.05) is 5.32 Å². The predicted molar refractivity (Wildman–Crippen MR) is 82.8 cm³/mol. The highest BCUT2D eigenvalue weighted by molar-refractivity contribution is 9.10. The summed E-state index contributed by atoms with van der Waals surface area (Å²) in [5.74, 6) is 0. The molecule has 1 N–H and O–H groups in total. The molecule has 0 aliphatic carbocycles. The van der Waals surface area contributed by atoms with Crippen LogP contribution >= 0.6 is 15.9 Å². The highest BCUT2D eigenvalue weighted by Crippen LogP contribution is 2.21. The van der Waals surface area contributed by atoms with Crippen molar-refractivity contribution in [1.82, 2.24) is 15.0 Å². The van der Waals surface area contributed by atoms with Crippen molar-refractivity contribution in [3.05, 3.63) is 71.0 Å². The molecule has 2 aromatic carbocycles. The van der Waals surface area contributed by atoms with Crippen molar-refractivity contribution < 1.29 is 0 Å². The lowest BCUT2D eigenvalue weighted by Gasteiger charge is -2.12. The highest BCUT2D eigenvalue weighted by atomic mass is 79.9. The molecule has 0 fully saturated rings. The molecule has 4 nitrogen and oxygen atoms in total. The smallest absolute Gasteiger partial charge is 0.0894 e. The van der Waals surface area contributed by atoms with Gasteiger partial charge in [-0.2, -0.15) is 0 Å². The minimum Gasteiger partial charge on any atom is -0.379 e. The van der Waals surface area contributed by atoms with Gasteiger partial charge in [0, 0.05) is 11.0 Å². The third-order valence-corrected chi connectivity index (χ3v) is 3.77. The minimum atomic E-state index is 0.743. The van der Waals surface area contributed by atoms with Gasteiger partial charge in [-0.1, -0.05) is 51.5 Å². The van der Waals surface area contributed by atoms with E-state index in [1.165, 1.54) is 5.56 Å². The van der Waals surface area contributed by atoms with Crippen LogP contribution in [-0.2, 0) is 6.54 Å². The van der Waals surface area contributed by atoms with Crippen molar-refractivity contribution in [2.24, 2.45) is 0 Å². The maximum Gasteiger partial charge on any atom is 0.0894 e. The number of halogens is 1. The van der Waals surface area contributed by atoms with Crippen LogP contribution in [0.4, 0.5) is 5.69 Å². The summed E-state index contributed by atoms with van der Waals surface area (Å²) in [7, 11) is 0. The van der Waals surface area contributed by atoms with Gasteiger partial charge >= 0.3 is 0 Å². The standard InChI is InChI=1S/C15H13BrN4/c16-13-6-2-1-5-12(13)11-17-14-7-3-4-8-15(14)20-10-9-18-19-20/h1-10,17H,11H2. The Labute approximate surface area is 125 Å². The summed E-state index contributed by atoms with van der Waals surface area (Å²) in [4.78, 5) is 0. The van der Waals surface area contributed by atoms with E-state index in [2.05, 4.69) is 37.6 Å². The third-order valence-electron chi connectivity index (χ3n) is 3.00. The van der Waals surface area contributed by atoms with Gasteiger partial charge in [0.15, 0.2) is 0 Å². The Morgan fingerprint density at radius 2 is 1.85 bits per heavy atom. The van der Waals surface area contributed by atoms with Crippen LogP contribution in [0.25, 0.3) is 5.69 Å². The number of benzene rings is 2. The fourth-order valence-electron chi connectivity index (χ4n) is 1.99. The van der Waals surface area contributed by atoms with E-state index in [0.29, 0.717) is 0 Å². The van der Waals surface area contributed by atoms with Crippen LogP contribution in [0.2, 0.25) is 0 Å². The van der Waals surface area contributed by atoms with Crippen LogP contribution in [-0.4, -0.2) is 15.0 Å². The number of para-hydroxylation sites is 2. The summed E-state index contributed by atoms with van der Waals surface area (Å²) in [6.07, 6.45) is 3.50. The van der Waals surface area contributed by atoms with Crippen molar-refractivity contribution in [3.63, 3.8) is 0 Å². The zero-order valence-electron chi connectivity index (χ0n) is 10.7. The Balaban J connectivity index is 1.84. The Bertz CT molecular complexity index is 695. The number of rotatable bonds is 4. The maximum absolute atomic E-state index is 4.04. The average molecular weight is 329 g/mol. The summed E-state index contributed by atoms with van der Waals surface area (Å²) in [5, 5.41) is 11.3. The normalized spacial score (nSPS) is 10.4. The van der Waals surface area contributed by atoms with Gasteiger partial charge in [-0.25, -0.2) is 4.68 Å². The second kappa shape index (κ2) is 5.88. The minimum absolute atomic E-state index is 0.743. The van der Waals surface area contributed by atoms with Crippen LogP contribution in [0.15, 0.2) is 65.4 Å². The fourth-order valence-corrected chi connectivity index (χ4v) is 2.42. The van der Waals surface area contributed by atoms with E-state index in [0.717, 1.165) is 22.4 Å². The van der Waals surface area contributed by atoms with Crippen LogP contribution in [0, 0.1) is 0 Å². The second-order valence-corrected chi connectivity index (χ2v) is 5.16. The lowest BCUT2D eigenvalue weighted by atomic mass is 10.2. The molecule has 0 aliphatic heterocycles. The first-order valence-corrected chi connectivity index (χ1v) is 7.07. The molecule has 0 radical (unpaired) electrons. The van der Waals surface area contributed by atoms with E-state index >= 15 is 0 Å². The quantitative estimate of drug-likeness (QED) is 0.795. The van der Waals surface area contributed by atoms with Gasteiger partial charge in [0.05, 0.1) is 23.8 Å². The van der Waals surface area contributed by atoms with E-state index in [1.807, 2.05) is 48.7 Å².